The van der Waals surface area contributed by atoms with Gasteiger partial charge in [-0.25, -0.2) is 0 Å². The largest absolute Gasteiger partial charge is 0.481 e. The van der Waals surface area contributed by atoms with Crippen molar-refractivity contribution in [2.24, 2.45) is 17.8 Å². The van der Waals surface area contributed by atoms with Gasteiger partial charge in [-0.05, 0) is 39.0 Å². The van der Waals surface area contributed by atoms with Crippen LogP contribution in [0.25, 0.3) is 0 Å². The van der Waals surface area contributed by atoms with Gasteiger partial charge in [0.05, 0.1) is 11.8 Å². The Hall–Kier alpha value is -1.80. The normalized spacial score (nSPS) is 26.6. The lowest BCUT2D eigenvalue weighted by Crippen LogP contribution is -2.49. The van der Waals surface area contributed by atoms with Crippen molar-refractivity contribution in [1.29, 1.82) is 0 Å². The number of hydrogen-bond donors (Lipinski definition) is 1. The van der Waals surface area contributed by atoms with Crippen LogP contribution in [0.5, 0.6) is 0 Å². The number of carbonyl (C=O) groups excluding carboxylic acids is 2. The zero-order valence-corrected chi connectivity index (χ0v) is 14.8. The number of piperidine rings is 1. The monoisotopic (exact) mass is 378 g/mol. The highest BCUT2D eigenvalue weighted by atomic mass is 19.4. The minimum atomic E-state index is -4.45. The lowest BCUT2D eigenvalue weighted by molar-refractivity contribution is -0.165. The van der Waals surface area contributed by atoms with Gasteiger partial charge < -0.3 is 14.9 Å². The Balaban J connectivity index is 1.96. The van der Waals surface area contributed by atoms with Crippen LogP contribution in [0.4, 0.5) is 13.2 Å². The van der Waals surface area contributed by atoms with Crippen LogP contribution in [0.3, 0.4) is 0 Å². The van der Waals surface area contributed by atoms with Crippen LogP contribution < -0.4 is 0 Å². The standard InChI is InChI=1S/C17H25F3N2O4/c1-2-21(10-17(18,19)20)15(24)13-4-3-7-22(9-13)14(23)11-5-6-12(8-11)16(25)26/h11-13H,2-10H2,1H3,(H,25,26)/t11-,12+,13?/m1/s1. The number of hydrogen-bond acceptors (Lipinski definition) is 3. The van der Waals surface area contributed by atoms with Crippen molar-refractivity contribution in [2.45, 2.75) is 45.2 Å². The highest BCUT2D eigenvalue weighted by Gasteiger charge is 2.40. The number of aliphatic carboxylic acids is 1. The highest BCUT2D eigenvalue weighted by molar-refractivity contribution is 5.83. The summed E-state index contributed by atoms with van der Waals surface area (Å²) < 4.78 is 37.9. The molecule has 0 spiro atoms. The smallest absolute Gasteiger partial charge is 0.406 e. The Morgan fingerprint density at radius 3 is 2.31 bits per heavy atom. The topological polar surface area (TPSA) is 77.9 Å². The van der Waals surface area contributed by atoms with Crippen LogP contribution in [-0.4, -0.2) is 65.0 Å². The van der Waals surface area contributed by atoms with Crippen molar-refractivity contribution in [1.82, 2.24) is 9.80 Å². The average molecular weight is 378 g/mol. The van der Waals surface area contributed by atoms with Gasteiger partial charge in [-0.1, -0.05) is 0 Å². The number of alkyl halides is 3. The fourth-order valence-corrected chi connectivity index (χ4v) is 3.89. The van der Waals surface area contributed by atoms with E-state index in [1.54, 1.807) is 0 Å². The van der Waals surface area contributed by atoms with E-state index in [2.05, 4.69) is 0 Å². The summed E-state index contributed by atoms with van der Waals surface area (Å²) in [5, 5.41) is 9.05. The molecule has 2 aliphatic rings. The lowest BCUT2D eigenvalue weighted by atomic mass is 9.94. The number of halogens is 3. The fourth-order valence-electron chi connectivity index (χ4n) is 3.89. The summed E-state index contributed by atoms with van der Waals surface area (Å²) in [4.78, 5) is 38.4. The molecule has 148 valence electrons. The van der Waals surface area contributed by atoms with Gasteiger partial charge in [-0.15, -0.1) is 0 Å². The van der Waals surface area contributed by atoms with Crippen molar-refractivity contribution >= 4 is 17.8 Å². The predicted molar refractivity (Wildman–Crippen MR) is 86.1 cm³/mol. The molecule has 1 unspecified atom stereocenters. The van der Waals surface area contributed by atoms with E-state index in [1.165, 1.54) is 11.8 Å². The highest BCUT2D eigenvalue weighted by Crippen LogP contribution is 2.33. The quantitative estimate of drug-likeness (QED) is 0.795. The van der Waals surface area contributed by atoms with Crippen LogP contribution in [0.1, 0.15) is 39.0 Å². The number of nitrogens with zero attached hydrogens (tertiary/aromatic N) is 2. The minimum Gasteiger partial charge on any atom is -0.481 e. The fraction of sp³-hybridized carbons (Fsp3) is 0.824. The summed E-state index contributed by atoms with van der Waals surface area (Å²) in [7, 11) is 0. The first-order valence-corrected chi connectivity index (χ1v) is 8.99. The number of rotatable bonds is 5. The van der Waals surface area contributed by atoms with Crippen LogP contribution in [0.2, 0.25) is 0 Å². The molecule has 3 atom stereocenters. The first-order chi connectivity index (χ1) is 12.1. The van der Waals surface area contributed by atoms with Crippen LogP contribution in [0, 0.1) is 17.8 Å². The Morgan fingerprint density at radius 2 is 1.77 bits per heavy atom. The molecule has 26 heavy (non-hydrogen) atoms. The number of amides is 2. The molecule has 0 aromatic rings. The van der Waals surface area contributed by atoms with Crippen LogP contribution in [-0.2, 0) is 14.4 Å². The molecule has 1 heterocycles. The van der Waals surface area contributed by atoms with Gasteiger partial charge in [0.15, 0.2) is 0 Å². The first kappa shape index (κ1) is 20.5. The van der Waals surface area contributed by atoms with Crippen LogP contribution >= 0.6 is 0 Å². The molecule has 0 aromatic heterocycles. The molecular weight excluding hydrogens is 353 g/mol. The third kappa shape index (κ3) is 5.11. The number of carbonyl (C=O) groups is 3. The van der Waals surface area contributed by atoms with Crippen molar-refractivity contribution in [3.05, 3.63) is 0 Å². The molecule has 0 aromatic carbocycles. The van der Waals surface area contributed by atoms with Crippen LogP contribution in [0.15, 0.2) is 0 Å². The van der Waals surface area contributed by atoms with E-state index in [0.29, 0.717) is 38.6 Å². The van der Waals surface area contributed by atoms with Gasteiger partial charge in [0.1, 0.15) is 6.54 Å². The summed E-state index contributed by atoms with van der Waals surface area (Å²) in [5.74, 6) is -3.18. The van der Waals surface area contributed by atoms with Gasteiger partial charge in [0.25, 0.3) is 0 Å². The summed E-state index contributed by atoms with van der Waals surface area (Å²) in [6.07, 6.45) is -2.19. The summed E-state index contributed by atoms with van der Waals surface area (Å²) in [6.45, 7) is 0.754. The SMILES string of the molecule is CCN(CC(F)(F)F)C(=O)C1CCCN(C(=O)[C@@H]2CC[C@H](C(=O)O)C2)C1. The maximum atomic E-state index is 12.6. The summed E-state index contributed by atoms with van der Waals surface area (Å²) in [5.41, 5.74) is 0. The number of likely N-dealkylation sites (tertiary alicyclic amines) is 1. The molecule has 0 bridgehead atoms. The summed E-state index contributed by atoms with van der Waals surface area (Å²) >= 11 is 0. The maximum Gasteiger partial charge on any atom is 0.406 e. The van der Waals surface area contributed by atoms with E-state index in [4.69, 9.17) is 5.11 Å². The van der Waals surface area contributed by atoms with Crippen molar-refractivity contribution < 1.29 is 32.7 Å². The second-order valence-electron chi connectivity index (χ2n) is 7.14. The van der Waals surface area contributed by atoms with Gasteiger partial charge in [0.2, 0.25) is 11.8 Å². The molecule has 2 amide bonds. The molecular formula is C17H25F3N2O4. The van der Waals surface area contributed by atoms with E-state index in [0.717, 1.165) is 4.90 Å². The molecule has 1 saturated heterocycles. The van der Waals surface area contributed by atoms with Gasteiger partial charge in [0, 0.05) is 25.6 Å². The van der Waals surface area contributed by atoms with Gasteiger partial charge >= 0.3 is 12.1 Å². The van der Waals surface area contributed by atoms with E-state index in [-0.39, 0.29) is 24.9 Å². The van der Waals surface area contributed by atoms with E-state index < -0.39 is 36.4 Å². The molecule has 2 rings (SSSR count). The minimum absolute atomic E-state index is 0.0360. The molecule has 9 heteroatoms. The number of carboxylic acid groups (broad SMARTS) is 1. The Morgan fingerprint density at radius 1 is 1.12 bits per heavy atom. The molecule has 0 radical (unpaired) electrons. The Labute approximate surface area is 150 Å². The van der Waals surface area contributed by atoms with E-state index >= 15 is 0 Å². The van der Waals surface area contributed by atoms with Crippen molar-refractivity contribution in [3.63, 3.8) is 0 Å². The van der Waals surface area contributed by atoms with Crippen molar-refractivity contribution in [3.8, 4) is 0 Å². The molecule has 1 saturated carbocycles. The second kappa shape index (κ2) is 8.26. The first-order valence-electron chi connectivity index (χ1n) is 8.99. The molecule has 2 fully saturated rings. The predicted octanol–water partition coefficient (Wildman–Crippen LogP) is 2.14. The average Bonchev–Trinajstić information content (AvgIpc) is 3.08. The van der Waals surface area contributed by atoms with Crippen molar-refractivity contribution in [2.75, 3.05) is 26.2 Å². The van der Waals surface area contributed by atoms with E-state index in [1.807, 2.05) is 0 Å². The zero-order valence-electron chi connectivity index (χ0n) is 14.8. The maximum absolute atomic E-state index is 12.6. The third-order valence-corrected chi connectivity index (χ3v) is 5.28. The third-order valence-electron chi connectivity index (χ3n) is 5.28. The Bertz CT molecular complexity index is 553. The Kier molecular flexibility index (Phi) is 6.52. The second-order valence-corrected chi connectivity index (χ2v) is 7.14. The van der Waals surface area contributed by atoms with Gasteiger partial charge in [-0.2, -0.15) is 13.2 Å². The van der Waals surface area contributed by atoms with Gasteiger partial charge in [-0.3, -0.25) is 14.4 Å². The molecule has 1 aliphatic heterocycles. The lowest BCUT2D eigenvalue weighted by Gasteiger charge is -2.36. The molecule has 6 nitrogen and oxygen atoms in total. The number of carboxylic acids is 1. The summed E-state index contributed by atoms with van der Waals surface area (Å²) in [6, 6.07) is 0. The molecule has 1 N–H and O–H groups in total. The van der Waals surface area contributed by atoms with E-state index in [9.17, 15) is 27.6 Å². The zero-order chi connectivity index (χ0) is 19.5. The molecule has 1 aliphatic carbocycles.